The number of hydrogen-bond donors (Lipinski definition) is 2. The van der Waals surface area contributed by atoms with E-state index in [1.165, 1.54) is 0 Å². The monoisotopic (exact) mass is 300 g/mol. The lowest BCUT2D eigenvalue weighted by molar-refractivity contribution is -0.121. The number of ether oxygens (including phenoxy) is 1. The van der Waals surface area contributed by atoms with Crippen molar-refractivity contribution in [3.05, 3.63) is 28.2 Å². The normalized spacial score (nSPS) is 10.1. The fourth-order valence-corrected chi connectivity index (χ4v) is 1.96. The minimum atomic E-state index is -0.0302. The molecule has 1 aromatic carbocycles. The highest BCUT2D eigenvalue weighted by molar-refractivity contribution is 9.10. The van der Waals surface area contributed by atoms with Crippen LogP contribution in [-0.4, -0.2) is 26.1 Å². The fourth-order valence-electron chi connectivity index (χ4n) is 1.44. The lowest BCUT2D eigenvalue weighted by atomic mass is 10.1. The number of nitrogens with two attached hydrogens (primary N) is 1. The summed E-state index contributed by atoms with van der Waals surface area (Å²) in [6.45, 7) is 0.933. The Kier molecular flexibility index (Phi) is 6.00. The van der Waals surface area contributed by atoms with E-state index in [2.05, 4.69) is 21.2 Å². The van der Waals surface area contributed by atoms with Crippen molar-refractivity contribution in [3.63, 3.8) is 0 Å². The van der Waals surface area contributed by atoms with Gasteiger partial charge in [-0.2, -0.15) is 0 Å². The van der Waals surface area contributed by atoms with Crippen LogP contribution in [0.5, 0.6) is 5.75 Å². The Labute approximate surface area is 110 Å². The highest BCUT2D eigenvalue weighted by atomic mass is 79.9. The van der Waals surface area contributed by atoms with Crippen molar-refractivity contribution >= 4 is 21.8 Å². The van der Waals surface area contributed by atoms with E-state index in [4.69, 9.17) is 10.5 Å². The summed E-state index contributed by atoms with van der Waals surface area (Å²) in [5.74, 6) is 0.749. The first-order valence-corrected chi connectivity index (χ1v) is 6.29. The molecule has 17 heavy (non-hydrogen) atoms. The number of rotatable bonds is 6. The second kappa shape index (κ2) is 7.29. The number of nitrogens with one attached hydrogen (secondary N) is 1. The van der Waals surface area contributed by atoms with Crippen LogP contribution in [0.1, 0.15) is 12.0 Å². The summed E-state index contributed by atoms with van der Waals surface area (Å²) in [7, 11) is 1.61. The summed E-state index contributed by atoms with van der Waals surface area (Å²) in [5, 5.41) is 2.55. The molecule has 1 amide bonds. The van der Waals surface area contributed by atoms with Gasteiger partial charge >= 0.3 is 0 Å². The first-order chi connectivity index (χ1) is 8.19. The molecule has 1 aromatic rings. The lowest BCUT2D eigenvalue weighted by Crippen LogP contribution is -2.20. The number of carbonyl (C=O) groups excluding carboxylic acids is 1. The molecule has 0 radical (unpaired) electrons. The van der Waals surface area contributed by atoms with Crippen molar-refractivity contribution in [1.29, 1.82) is 0 Å². The van der Waals surface area contributed by atoms with Crippen molar-refractivity contribution < 1.29 is 9.53 Å². The fraction of sp³-hybridized carbons (Fsp3) is 0.417. The molecule has 0 fully saturated rings. The zero-order chi connectivity index (χ0) is 12.7. The summed E-state index contributed by atoms with van der Waals surface area (Å²) >= 11 is 3.44. The Morgan fingerprint density at radius 2 is 2.29 bits per heavy atom. The molecule has 0 spiro atoms. The molecule has 0 atom stereocenters. The molecule has 0 aliphatic heterocycles. The molecule has 0 bridgehead atoms. The van der Waals surface area contributed by atoms with E-state index >= 15 is 0 Å². The third-order valence-electron chi connectivity index (χ3n) is 2.32. The van der Waals surface area contributed by atoms with Crippen LogP contribution < -0.4 is 15.8 Å². The SMILES string of the molecule is CNC(=O)CCOc1c(Br)cccc1CCN. The third-order valence-corrected chi connectivity index (χ3v) is 2.94. The van der Waals surface area contributed by atoms with Gasteiger partial charge in [0.1, 0.15) is 5.75 Å². The quantitative estimate of drug-likeness (QED) is 0.836. The minimum Gasteiger partial charge on any atom is -0.492 e. The number of amides is 1. The molecule has 0 heterocycles. The smallest absolute Gasteiger partial charge is 0.223 e. The van der Waals surface area contributed by atoms with E-state index in [1.807, 2.05) is 18.2 Å². The van der Waals surface area contributed by atoms with Crippen LogP contribution in [0.15, 0.2) is 22.7 Å². The predicted octanol–water partition coefficient (Wildman–Crippen LogP) is 1.47. The lowest BCUT2D eigenvalue weighted by Gasteiger charge is -2.12. The molecule has 94 valence electrons. The van der Waals surface area contributed by atoms with Gasteiger partial charge in [-0.3, -0.25) is 4.79 Å². The predicted molar refractivity (Wildman–Crippen MR) is 71.1 cm³/mol. The molecule has 0 aromatic heterocycles. The van der Waals surface area contributed by atoms with E-state index < -0.39 is 0 Å². The van der Waals surface area contributed by atoms with Gasteiger partial charge in [0.15, 0.2) is 0 Å². The Bertz CT molecular complexity index is 383. The molecule has 5 heteroatoms. The van der Waals surface area contributed by atoms with E-state index in [1.54, 1.807) is 7.05 Å². The molecule has 0 aliphatic rings. The van der Waals surface area contributed by atoms with Crippen LogP contribution in [0.2, 0.25) is 0 Å². The summed E-state index contributed by atoms with van der Waals surface area (Å²) in [6.07, 6.45) is 1.11. The minimum absolute atomic E-state index is 0.0302. The molecular formula is C12H17BrN2O2. The van der Waals surface area contributed by atoms with Gasteiger partial charge in [-0.05, 0) is 40.5 Å². The molecule has 1 rings (SSSR count). The maximum atomic E-state index is 11.1. The summed E-state index contributed by atoms with van der Waals surface area (Å²) < 4.78 is 6.52. The Morgan fingerprint density at radius 1 is 1.53 bits per heavy atom. The van der Waals surface area contributed by atoms with Gasteiger partial charge < -0.3 is 15.8 Å². The molecule has 0 aliphatic carbocycles. The zero-order valence-electron chi connectivity index (χ0n) is 9.83. The highest BCUT2D eigenvalue weighted by Gasteiger charge is 2.08. The average molecular weight is 301 g/mol. The number of para-hydroxylation sites is 1. The Morgan fingerprint density at radius 3 is 2.94 bits per heavy atom. The zero-order valence-corrected chi connectivity index (χ0v) is 11.4. The van der Waals surface area contributed by atoms with E-state index in [0.717, 1.165) is 22.2 Å². The van der Waals surface area contributed by atoms with Crippen molar-refractivity contribution in [2.45, 2.75) is 12.8 Å². The van der Waals surface area contributed by atoms with Crippen molar-refractivity contribution in [3.8, 4) is 5.75 Å². The standard InChI is InChI=1S/C12H17BrN2O2/c1-15-11(16)6-8-17-12-9(5-7-14)3-2-4-10(12)13/h2-4H,5-8,14H2,1H3,(H,15,16). The van der Waals surface area contributed by atoms with Crippen molar-refractivity contribution in [2.75, 3.05) is 20.2 Å². The summed E-state index contributed by atoms with van der Waals surface area (Å²) in [5.41, 5.74) is 6.60. The van der Waals surface area contributed by atoms with Gasteiger partial charge in [-0.15, -0.1) is 0 Å². The largest absolute Gasteiger partial charge is 0.492 e. The Hall–Kier alpha value is -1.07. The molecule has 3 N–H and O–H groups in total. The van der Waals surface area contributed by atoms with Crippen LogP contribution in [0.3, 0.4) is 0 Å². The topological polar surface area (TPSA) is 64.3 Å². The van der Waals surface area contributed by atoms with Crippen molar-refractivity contribution in [1.82, 2.24) is 5.32 Å². The molecule has 0 saturated heterocycles. The summed E-state index contributed by atoms with van der Waals surface area (Å²) in [6, 6.07) is 5.84. The van der Waals surface area contributed by atoms with Crippen LogP contribution in [-0.2, 0) is 11.2 Å². The van der Waals surface area contributed by atoms with Crippen LogP contribution >= 0.6 is 15.9 Å². The number of benzene rings is 1. The number of carbonyl (C=O) groups is 1. The van der Waals surface area contributed by atoms with Gasteiger partial charge in [0.05, 0.1) is 17.5 Å². The Balaban J connectivity index is 2.65. The second-order valence-corrected chi connectivity index (χ2v) is 4.39. The third kappa shape index (κ3) is 4.36. The van der Waals surface area contributed by atoms with E-state index in [-0.39, 0.29) is 5.91 Å². The van der Waals surface area contributed by atoms with Crippen molar-refractivity contribution in [2.24, 2.45) is 5.73 Å². The van der Waals surface area contributed by atoms with E-state index in [0.29, 0.717) is 19.6 Å². The van der Waals surface area contributed by atoms with Gasteiger partial charge in [0.25, 0.3) is 0 Å². The molecule has 4 nitrogen and oxygen atoms in total. The first-order valence-electron chi connectivity index (χ1n) is 5.50. The maximum absolute atomic E-state index is 11.1. The average Bonchev–Trinajstić information content (AvgIpc) is 2.32. The van der Waals surface area contributed by atoms with Gasteiger partial charge in [0.2, 0.25) is 5.91 Å². The van der Waals surface area contributed by atoms with Crippen LogP contribution in [0, 0.1) is 0 Å². The summed E-state index contributed by atoms with van der Waals surface area (Å²) in [4.78, 5) is 11.1. The van der Waals surface area contributed by atoms with Gasteiger partial charge in [-0.1, -0.05) is 12.1 Å². The van der Waals surface area contributed by atoms with Crippen LogP contribution in [0.25, 0.3) is 0 Å². The molecule has 0 saturated carbocycles. The maximum Gasteiger partial charge on any atom is 0.223 e. The second-order valence-electron chi connectivity index (χ2n) is 3.54. The number of hydrogen-bond acceptors (Lipinski definition) is 3. The highest BCUT2D eigenvalue weighted by Crippen LogP contribution is 2.29. The van der Waals surface area contributed by atoms with Gasteiger partial charge in [-0.25, -0.2) is 0 Å². The number of halogens is 1. The first kappa shape index (κ1) is 14.0. The van der Waals surface area contributed by atoms with Gasteiger partial charge in [0, 0.05) is 7.05 Å². The van der Waals surface area contributed by atoms with E-state index in [9.17, 15) is 4.79 Å². The molecular weight excluding hydrogens is 284 g/mol. The van der Waals surface area contributed by atoms with Crippen LogP contribution in [0.4, 0.5) is 0 Å². The molecule has 0 unspecified atom stereocenters.